The van der Waals surface area contributed by atoms with Gasteiger partial charge >= 0.3 is 11.9 Å². The van der Waals surface area contributed by atoms with E-state index in [4.69, 9.17) is 102 Å². The Kier molecular flexibility index (Phi) is 22.0. The maximum absolute atomic E-state index is 12.2. The second-order valence-corrected chi connectivity index (χ2v) is 14.7. The van der Waals surface area contributed by atoms with Crippen molar-refractivity contribution in [2.45, 2.75) is 115 Å². The summed E-state index contributed by atoms with van der Waals surface area (Å²) in [5.41, 5.74) is 1.85. The molecule has 2 N–H and O–H groups in total. The van der Waals surface area contributed by atoms with Crippen LogP contribution in [0.2, 0.25) is 0 Å². The van der Waals surface area contributed by atoms with E-state index in [2.05, 4.69) is 0 Å². The molecule has 0 saturated carbocycles. The fourth-order valence-electron chi connectivity index (χ4n) is 6.63. The summed E-state index contributed by atoms with van der Waals surface area (Å²) >= 11 is 0. The Labute approximate surface area is 370 Å². The van der Waals surface area contributed by atoms with Crippen LogP contribution in [0.3, 0.4) is 0 Å². The summed E-state index contributed by atoms with van der Waals surface area (Å²) < 4.78 is 50.1. The molecule has 14 radical (unpaired) electrons. The minimum absolute atomic E-state index is 0.133. The minimum atomic E-state index is -1.39. The van der Waals surface area contributed by atoms with Gasteiger partial charge in [-0.25, -0.2) is 4.79 Å². The van der Waals surface area contributed by atoms with Crippen molar-refractivity contribution in [1.29, 1.82) is 5.26 Å². The molecule has 3 saturated heterocycles. The molecule has 0 spiro atoms. The summed E-state index contributed by atoms with van der Waals surface area (Å²) in [5.74, 6) is -2.08. The van der Waals surface area contributed by atoms with Gasteiger partial charge in [0.25, 0.3) is 0 Å². The third-order valence-electron chi connectivity index (χ3n) is 9.49. The number of ether oxygens (including phenoxy) is 9. The number of aliphatic hydroxyl groups excluding tert-OH is 2. The van der Waals surface area contributed by atoms with Crippen molar-refractivity contribution in [1.82, 2.24) is 0 Å². The molecule has 0 bridgehead atoms. The number of hydrogen-bond acceptors (Lipinski definition) is 14. The summed E-state index contributed by atoms with van der Waals surface area (Å²) in [4.78, 5) is 23.7. The predicted octanol–water partition coefficient (Wildman–Crippen LogP) is -2.05. The second-order valence-electron chi connectivity index (χ2n) is 14.7. The van der Waals surface area contributed by atoms with Gasteiger partial charge in [0, 0.05) is 99.6 Å². The van der Waals surface area contributed by atoms with Gasteiger partial charge < -0.3 is 52.8 Å². The van der Waals surface area contributed by atoms with E-state index in [1.807, 2.05) is 60.7 Å². The van der Waals surface area contributed by atoms with E-state index in [-0.39, 0.29) is 19.8 Å². The van der Waals surface area contributed by atoms with E-state index in [9.17, 15) is 19.8 Å². The first-order chi connectivity index (χ1) is 28.8. The van der Waals surface area contributed by atoms with Crippen molar-refractivity contribution in [3.05, 3.63) is 71.8 Å². The first kappa shape index (κ1) is 52.6. The first-order valence-corrected chi connectivity index (χ1v) is 19.8. The molecule has 10 atom stereocenters. The van der Waals surface area contributed by atoms with Gasteiger partial charge in [0.2, 0.25) is 0 Å². The number of nitriles is 1. The Morgan fingerprint density at radius 3 is 1.79 bits per heavy atom. The highest BCUT2D eigenvalue weighted by Gasteiger charge is 2.57. The van der Waals surface area contributed by atoms with Crippen molar-refractivity contribution in [3.63, 3.8) is 0 Å². The summed E-state index contributed by atoms with van der Waals surface area (Å²) in [5, 5.41) is 29.5. The molecular weight excluding hydrogens is 772 g/mol. The smallest absolute Gasteiger partial charge is 0.338 e. The molecule has 0 aliphatic carbocycles. The molecule has 14 nitrogen and oxygen atoms in total. The normalized spacial score (nSPS) is 26.3. The number of nitrogens with zero attached hydrogens (tertiary/aromatic N) is 1. The lowest BCUT2D eigenvalue weighted by molar-refractivity contribution is -0.304. The van der Waals surface area contributed by atoms with Crippen molar-refractivity contribution in [3.8, 4) is 6.07 Å². The Hall–Kier alpha value is -2.71. The zero-order valence-corrected chi connectivity index (χ0v) is 35.1. The number of aliphatic hydroxyl groups is 2. The molecule has 3 heterocycles. The van der Waals surface area contributed by atoms with Crippen LogP contribution in [0.5, 0.6) is 0 Å². The zero-order valence-electron chi connectivity index (χ0n) is 35.1. The van der Waals surface area contributed by atoms with Crippen LogP contribution in [0, 0.1) is 11.3 Å². The topological polar surface area (TPSA) is 181 Å². The fraction of sp³-hybridized carbons (Fsp3) is 0.571. The lowest BCUT2D eigenvalue weighted by Gasteiger charge is -2.42. The number of esters is 2. The van der Waals surface area contributed by atoms with Gasteiger partial charge in [0.15, 0.2) is 36.7 Å². The molecule has 61 heavy (non-hydrogen) atoms. The Morgan fingerprint density at radius 2 is 1.34 bits per heavy atom. The number of carbonyl (C=O) groups is 2. The summed E-state index contributed by atoms with van der Waals surface area (Å²) in [7, 11) is 37.9. The van der Waals surface area contributed by atoms with Gasteiger partial charge in [0.1, 0.15) is 30.5 Å². The zero-order chi connectivity index (χ0) is 45.4. The summed E-state index contributed by atoms with van der Waals surface area (Å²) in [6.45, 7) is 9.08. The van der Waals surface area contributed by atoms with E-state index < -0.39 is 111 Å². The van der Waals surface area contributed by atoms with Crippen molar-refractivity contribution in [2.24, 2.45) is 0 Å². The Bertz CT molecular complexity index is 1650. The number of benzene rings is 2. The largest absolute Gasteiger partial charge is 0.464 e. The molecule has 5 rings (SSSR count). The standard InChI is InChI=1S/C19H26O8.C16H19NO5.B12/c1-4-23-18(22)16-14(21)15(25-11-13-9-7-6-8-10-13)17(26-12(3)20)19(27-16)24-5-2;1-16(2)21-14-13(19-9-10-6-4-3-5-7-10)12(11(18)8-17)20-15(14)22-16;1-8(2)11(7)12(9(3)4)10(5)6/h6-10,14-17,19,21H,4-5,11H2,1-3H3;3-7,11-15,18H,9H2,1-2H3;/t14-,15+,16?,17?,19+;11-,12+,13+,14?,15+;/m00./s1. The van der Waals surface area contributed by atoms with Crippen LogP contribution in [0.4, 0.5) is 0 Å². The van der Waals surface area contributed by atoms with Gasteiger partial charge in [0.05, 0.1) is 25.9 Å². The third-order valence-corrected chi connectivity index (χ3v) is 9.49. The van der Waals surface area contributed by atoms with E-state index in [1.165, 1.54) is 6.92 Å². The van der Waals surface area contributed by atoms with Gasteiger partial charge in [-0.15, -0.1) is 0 Å². The van der Waals surface area contributed by atoms with Crippen LogP contribution in [0.25, 0.3) is 0 Å². The first-order valence-electron chi connectivity index (χ1n) is 19.8. The average molecular weight is 817 g/mol. The molecule has 304 valence electrons. The predicted molar refractivity (Wildman–Crippen MR) is 238 cm³/mol. The highest BCUT2D eigenvalue weighted by molar-refractivity contribution is 8.05. The summed E-state index contributed by atoms with van der Waals surface area (Å²) in [6, 6.07) is 20.7. The van der Waals surface area contributed by atoms with E-state index in [1.54, 1.807) is 33.8 Å². The quantitative estimate of drug-likeness (QED) is 0.107. The van der Waals surface area contributed by atoms with Gasteiger partial charge in [-0.2, -0.15) is 5.26 Å². The molecule has 2 aromatic carbocycles. The SMILES string of the molecule is CC1(C)OC2[C@H](O[C@H]([C@@H](O)C#N)[C@H]2OCc2ccccc2)O1.CCOC(=O)C1O[C@@H](OCC)C(OC(C)=O)[C@H](OCc2ccccc2)[C@@H]1O.[B]B([B])B([B])B(B([B])[B])B([B])[B]. The highest BCUT2D eigenvalue weighted by Crippen LogP contribution is 2.40. The summed E-state index contributed by atoms with van der Waals surface area (Å²) in [6.07, 6.45) is -12.8. The van der Waals surface area contributed by atoms with E-state index in [0.29, 0.717) is 6.61 Å². The monoisotopic (exact) mass is 819 g/mol. The van der Waals surface area contributed by atoms with Crippen molar-refractivity contribution >= 4 is 98.0 Å². The second kappa shape index (κ2) is 25.5. The molecule has 2 aromatic rings. The molecule has 0 amide bonds. The third kappa shape index (κ3) is 15.8. The van der Waals surface area contributed by atoms with Crippen LogP contribution < -0.4 is 0 Å². The van der Waals surface area contributed by atoms with Gasteiger partial charge in [-0.3, -0.25) is 4.79 Å². The molecule has 3 aliphatic heterocycles. The van der Waals surface area contributed by atoms with Crippen LogP contribution in [-0.4, -0.2) is 189 Å². The Morgan fingerprint density at radius 1 is 0.803 bits per heavy atom. The van der Waals surface area contributed by atoms with Crippen LogP contribution >= 0.6 is 0 Å². The molecular formula is C35H45B12NO13. The molecule has 3 unspecified atom stereocenters. The molecule has 3 aliphatic rings. The number of rotatable bonds is 16. The molecule has 0 aromatic heterocycles. The van der Waals surface area contributed by atoms with Gasteiger partial charge in [-0.1, -0.05) is 60.7 Å². The molecule has 26 heteroatoms. The Balaban J connectivity index is 0.000000262. The van der Waals surface area contributed by atoms with E-state index >= 15 is 0 Å². The highest BCUT2D eigenvalue weighted by atomic mass is 16.8. The van der Waals surface area contributed by atoms with Gasteiger partial charge in [-0.05, 0) is 38.8 Å². The fourth-order valence-corrected chi connectivity index (χ4v) is 6.63. The van der Waals surface area contributed by atoms with Crippen molar-refractivity contribution < 1.29 is 62.4 Å². The van der Waals surface area contributed by atoms with E-state index in [0.717, 1.165) is 11.1 Å². The minimum Gasteiger partial charge on any atom is -0.464 e. The lowest BCUT2D eigenvalue weighted by Crippen LogP contribution is -2.67. The van der Waals surface area contributed by atoms with Crippen LogP contribution in [-0.2, 0) is 65.4 Å². The molecule has 3 fully saturated rings. The number of carbonyl (C=O) groups excluding carboxylic acids is 2. The average Bonchev–Trinajstić information content (AvgIpc) is 3.69. The maximum Gasteiger partial charge on any atom is 0.338 e. The van der Waals surface area contributed by atoms with Crippen LogP contribution in [0.15, 0.2) is 60.7 Å². The van der Waals surface area contributed by atoms with Crippen LogP contribution in [0.1, 0.15) is 45.7 Å². The number of hydrogen-bond donors (Lipinski definition) is 2. The lowest BCUT2D eigenvalue weighted by atomic mass is 8.53. The van der Waals surface area contributed by atoms with Crippen molar-refractivity contribution in [2.75, 3.05) is 13.2 Å². The maximum atomic E-state index is 12.2. The number of fused-ring (bicyclic) bond motifs is 1.